The van der Waals surface area contributed by atoms with Crippen LogP contribution in [-0.2, 0) is 4.57 Å². The fraction of sp³-hybridized carbons (Fsp3) is 0.0857. The first-order valence-electron chi connectivity index (χ1n) is 13.0. The molecule has 5 heteroatoms. The third-order valence-corrected chi connectivity index (χ3v) is 10.0. The predicted octanol–water partition coefficient (Wildman–Crippen LogP) is 6.94. The minimum absolute atomic E-state index is 0.685. The lowest BCUT2D eigenvalue weighted by Crippen LogP contribution is -2.27. The molecule has 0 heterocycles. The molecule has 0 amide bonds. The summed E-state index contributed by atoms with van der Waals surface area (Å²) in [5.74, 6) is 2.09. The van der Waals surface area contributed by atoms with Gasteiger partial charge in [-0.3, -0.25) is 0 Å². The molecule has 4 nitrogen and oxygen atoms in total. The highest BCUT2D eigenvalue weighted by Gasteiger charge is 2.33. The molecular weight excluding hydrogens is 515 g/mol. The molecule has 0 spiro atoms. The Bertz CT molecular complexity index is 1590. The maximum atomic E-state index is 15.7. The lowest BCUT2D eigenvalue weighted by Gasteiger charge is -2.25. The van der Waals surface area contributed by atoms with E-state index in [1.165, 1.54) is 0 Å². The van der Waals surface area contributed by atoms with Crippen molar-refractivity contribution in [2.24, 2.45) is 0 Å². The van der Waals surface area contributed by atoms with Crippen LogP contribution >= 0.6 is 7.14 Å². The number of ether oxygens (including phenoxy) is 3. The summed E-state index contributed by atoms with van der Waals surface area (Å²) in [4.78, 5) is 0. The Morgan fingerprint density at radius 2 is 1.05 bits per heavy atom. The van der Waals surface area contributed by atoms with Crippen molar-refractivity contribution in [2.75, 3.05) is 21.3 Å². The zero-order valence-electron chi connectivity index (χ0n) is 22.8. The van der Waals surface area contributed by atoms with Gasteiger partial charge in [-0.25, -0.2) is 0 Å². The van der Waals surface area contributed by atoms with Crippen LogP contribution < -0.4 is 30.1 Å². The molecule has 200 valence electrons. The average Bonchev–Trinajstić information content (AvgIpc) is 3.04. The molecule has 0 aliphatic carbocycles. The molecule has 0 aliphatic heterocycles. The van der Waals surface area contributed by atoms with E-state index in [9.17, 15) is 0 Å². The molecule has 0 aliphatic rings. The minimum Gasteiger partial charge on any atom is -0.497 e. The van der Waals surface area contributed by atoms with Gasteiger partial charge in [0.15, 0.2) is 7.14 Å². The Hall–Kier alpha value is -4.53. The van der Waals surface area contributed by atoms with E-state index in [4.69, 9.17) is 14.2 Å². The van der Waals surface area contributed by atoms with Gasteiger partial charge in [0, 0.05) is 15.9 Å². The zero-order chi connectivity index (χ0) is 28.0. The molecule has 40 heavy (non-hydrogen) atoms. The topological polar surface area (TPSA) is 44.8 Å². The van der Waals surface area contributed by atoms with E-state index in [0.717, 1.165) is 27.6 Å². The van der Waals surface area contributed by atoms with E-state index in [1.807, 2.05) is 103 Å². The first kappa shape index (κ1) is 27.1. The molecule has 0 fully saturated rings. The summed E-state index contributed by atoms with van der Waals surface area (Å²) in [6, 6.07) is 41.1. The van der Waals surface area contributed by atoms with Crippen molar-refractivity contribution in [1.82, 2.24) is 0 Å². The first-order chi connectivity index (χ1) is 19.6. The Morgan fingerprint density at radius 3 is 1.55 bits per heavy atom. The second-order valence-corrected chi connectivity index (χ2v) is 12.0. The summed E-state index contributed by atoms with van der Waals surface area (Å²) >= 11 is 0. The van der Waals surface area contributed by atoms with Crippen molar-refractivity contribution in [3.8, 4) is 17.2 Å². The second kappa shape index (κ2) is 12.1. The second-order valence-electron chi connectivity index (χ2n) is 9.22. The van der Waals surface area contributed by atoms with Gasteiger partial charge in [0.2, 0.25) is 0 Å². The van der Waals surface area contributed by atoms with Crippen LogP contribution in [0.25, 0.3) is 11.6 Å². The number of rotatable bonds is 9. The molecule has 0 atom stereocenters. The Labute approximate surface area is 235 Å². The van der Waals surface area contributed by atoms with Crippen LogP contribution in [0.5, 0.6) is 17.2 Å². The van der Waals surface area contributed by atoms with E-state index in [2.05, 4.69) is 30.3 Å². The molecule has 0 saturated carbocycles. The Balaban J connectivity index is 1.83. The quantitative estimate of drug-likeness (QED) is 0.148. The van der Waals surface area contributed by atoms with Crippen LogP contribution in [-0.4, -0.2) is 21.3 Å². The third-order valence-electron chi connectivity index (χ3n) is 6.90. The third kappa shape index (κ3) is 5.45. The Morgan fingerprint density at radius 1 is 0.575 bits per heavy atom. The summed E-state index contributed by atoms with van der Waals surface area (Å²) < 4.78 is 32.2. The zero-order valence-corrected chi connectivity index (χ0v) is 23.7. The SMILES string of the molecule is COc1ccc(P(=O)(c2ccc(OC)cc2)c2ccc(OC)cc2/C(=C/c2ccccc2)c2ccccc2)cc1. The molecule has 0 aromatic heterocycles. The van der Waals surface area contributed by atoms with Crippen LogP contribution in [0.1, 0.15) is 16.7 Å². The largest absolute Gasteiger partial charge is 0.497 e. The van der Waals surface area contributed by atoms with Gasteiger partial charge in [-0.1, -0.05) is 60.7 Å². The number of hydrogen-bond donors (Lipinski definition) is 0. The van der Waals surface area contributed by atoms with E-state index in [0.29, 0.717) is 27.9 Å². The standard InChI is InChI=1S/C35H31O4P/c1-37-28-14-19-31(20-15-28)40(36,32-21-16-29(38-2)17-22-32)35-23-18-30(39-3)25-34(35)33(27-12-8-5-9-13-27)24-26-10-6-4-7-11-26/h4-25H,1-3H3/b33-24+. The molecule has 0 N–H and O–H groups in total. The van der Waals surface area contributed by atoms with Crippen molar-refractivity contribution < 1.29 is 18.8 Å². The van der Waals surface area contributed by atoms with Gasteiger partial charge in [0.05, 0.1) is 21.3 Å². The van der Waals surface area contributed by atoms with Gasteiger partial charge in [-0.05, 0) is 95.1 Å². The molecule has 0 saturated heterocycles. The van der Waals surface area contributed by atoms with E-state index >= 15 is 4.57 Å². The van der Waals surface area contributed by atoms with Crippen molar-refractivity contribution in [3.05, 3.63) is 144 Å². The summed E-state index contributed by atoms with van der Waals surface area (Å²) in [5, 5.41) is 2.13. The highest BCUT2D eigenvalue weighted by atomic mass is 31.2. The van der Waals surface area contributed by atoms with Crippen molar-refractivity contribution >= 4 is 34.7 Å². The molecule has 5 rings (SSSR count). The van der Waals surface area contributed by atoms with Crippen molar-refractivity contribution in [2.45, 2.75) is 0 Å². The molecule has 0 bridgehead atoms. The number of methoxy groups -OCH3 is 3. The van der Waals surface area contributed by atoms with Gasteiger partial charge >= 0.3 is 0 Å². The minimum atomic E-state index is -3.39. The molecular formula is C35H31O4P. The summed E-state index contributed by atoms with van der Waals surface area (Å²) in [6.07, 6.45) is 2.14. The van der Waals surface area contributed by atoms with Gasteiger partial charge in [-0.15, -0.1) is 0 Å². The van der Waals surface area contributed by atoms with Gasteiger partial charge in [0.25, 0.3) is 0 Å². The molecule has 5 aromatic carbocycles. The maximum absolute atomic E-state index is 15.7. The lowest BCUT2D eigenvalue weighted by molar-refractivity contribution is 0.415. The van der Waals surface area contributed by atoms with Crippen LogP contribution in [0.3, 0.4) is 0 Å². The van der Waals surface area contributed by atoms with E-state index in [-0.39, 0.29) is 0 Å². The summed E-state index contributed by atoms with van der Waals surface area (Å²) in [5.41, 5.74) is 3.84. The summed E-state index contributed by atoms with van der Waals surface area (Å²) in [7, 11) is 1.51. The first-order valence-corrected chi connectivity index (χ1v) is 14.7. The fourth-order valence-corrected chi connectivity index (χ4v) is 7.60. The van der Waals surface area contributed by atoms with Gasteiger partial charge in [0.1, 0.15) is 17.2 Å². The van der Waals surface area contributed by atoms with E-state index < -0.39 is 7.14 Å². The van der Waals surface area contributed by atoms with Gasteiger partial charge in [-0.2, -0.15) is 0 Å². The Kier molecular flexibility index (Phi) is 8.19. The smallest absolute Gasteiger partial charge is 0.171 e. The molecule has 5 aromatic rings. The maximum Gasteiger partial charge on any atom is 0.171 e. The van der Waals surface area contributed by atoms with Crippen LogP contribution in [0, 0.1) is 0 Å². The number of benzene rings is 5. The summed E-state index contributed by atoms with van der Waals surface area (Å²) in [6.45, 7) is 0. The molecule has 0 unspecified atom stereocenters. The molecule has 0 radical (unpaired) electrons. The number of hydrogen-bond acceptors (Lipinski definition) is 4. The highest BCUT2D eigenvalue weighted by molar-refractivity contribution is 7.85. The van der Waals surface area contributed by atoms with Crippen LogP contribution in [0.2, 0.25) is 0 Å². The van der Waals surface area contributed by atoms with Crippen LogP contribution in [0.4, 0.5) is 0 Å². The lowest BCUT2D eigenvalue weighted by atomic mass is 9.95. The van der Waals surface area contributed by atoms with E-state index in [1.54, 1.807) is 21.3 Å². The fourth-order valence-electron chi connectivity index (χ4n) is 4.79. The predicted molar refractivity (Wildman–Crippen MR) is 165 cm³/mol. The van der Waals surface area contributed by atoms with Crippen LogP contribution in [0.15, 0.2) is 127 Å². The normalized spacial score (nSPS) is 11.6. The highest BCUT2D eigenvalue weighted by Crippen LogP contribution is 2.46. The van der Waals surface area contributed by atoms with Crippen molar-refractivity contribution in [3.63, 3.8) is 0 Å². The van der Waals surface area contributed by atoms with Crippen molar-refractivity contribution in [1.29, 1.82) is 0 Å². The monoisotopic (exact) mass is 546 g/mol. The average molecular weight is 547 g/mol. The van der Waals surface area contributed by atoms with Gasteiger partial charge < -0.3 is 18.8 Å².